The zero-order valence-corrected chi connectivity index (χ0v) is 12.6. The second kappa shape index (κ2) is 5.93. The van der Waals surface area contributed by atoms with Crippen LogP contribution in [0.15, 0.2) is 48.5 Å². The number of aromatic amines is 1. The fourth-order valence-corrected chi connectivity index (χ4v) is 2.43. The monoisotopic (exact) mass is 294 g/mol. The molecule has 0 unspecified atom stereocenters. The molecule has 0 spiro atoms. The van der Waals surface area contributed by atoms with E-state index in [0.29, 0.717) is 12.2 Å². The topological polar surface area (TPSA) is 54.1 Å². The lowest BCUT2D eigenvalue weighted by molar-refractivity contribution is 0.0946. The molecule has 0 radical (unpaired) electrons. The van der Waals surface area contributed by atoms with Crippen LogP contribution in [0.1, 0.15) is 21.6 Å². The van der Waals surface area contributed by atoms with Gasteiger partial charge in [-0.25, -0.2) is 0 Å². The number of benzene rings is 2. The lowest BCUT2D eigenvalue weighted by Gasteiger charge is -2.06. The van der Waals surface area contributed by atoms with E-state index in [-0.39, 0.29) is 5.91 Å². The van der Waals surface area contributed by atoms with Crippen molar-refractivity contribution in [1.29, 1.82) is 0 Å². The molecule has 0 aliphatic carbocycles. The van der Waals surface area contributed by atoms with Crippen LogP contribution in [0.3, 0.4) is 0 Å². The number of aryl methyl sites for hydroxylation is 1. The third kappa shape index (κ3) is 2.81. The van der Waals surface area contributed by atoms with E-state index in [1.807, 2.05) is 55.5 Å². The van der Waals surface area contributed by atoms with Gasteiger partial charge in [-0.2, -0.15) is 0 Å². The third-order valence-corrected chi connectivity index (χ3v) is 3.77. The molecule has 4 heteroatoms. The minimum Gasteiger partial charge on any atom is -0.497 e. The highest BCUT2D eigenvalue weighted by molar-refractivity contribution is 5.98. The number of fused-ring (bicyclic) bond motifs is 1. The van der Waals surface area contributed by atoms with Crippen LogP contribution in [0.5, 0.6) is 5.75 Å². The van der Waals surface area contributed by atoms with Crippen molar-refractivity contribution in [2.24, 2.45) is 0 Å². The first-order chi connectivity index (χ1) is 10.7. The molecule has 1 amide bonds. The Bertz CT molecular complexity index is 821. The van der Waals surface area contributed by atoms with Gasteiger partial charge in [0.2, 0.25) is 0 Å². The lowest BCUT2D eigenvalue weighted by Crippen LogP contribution is -2.23. The summed E-state index contributed by atoms with van der Waals surface area (Å²) in [7, 11) is 1.62. The summed E-state index contributed by atoms with van der Waals surface area (Å²) in [6.45, 7) is 2.56. The molecule has 1 heterocycles. The van der Waals surface area contributed by atoms with Crippen molar-refractivity contribution in [2.45, 2.75) is 13.5 Å². The molecule has 3 aromatic rings. The van der Waals surface area contributed by atoms with E-state index in [1.165, 1.54) is 5.56 Å². The predicted octanol–water partition coefficient (Wildman–Crippen LogP) is 3.41. The quantitative estimate of drug-likeness (QED) is 0.774. The molecule has 0 atom stereocenters. The van der Waals surface area contributed by atoms with Crippen molar-refractivity contribution in [1.82, 2.24) is 10.3 Å². The lowest BCUT2D eigenvalue weighted by atomic mass is 10.1. The molecule has 0 bridgehead atoms. The van der Waals surface area contributed by atoms with Gasteiger partial charge in [0, 0.05) is 23.5 Å². The first kappa shape index (κ1) is 14.2. The van der Waals surface area contributed by atoms with Gasteiger partial charge in [0.05, 0.1) is 7.11 Å². The number of carbonyl (C=O) groups is 1. The van der Waals surface area contributed by atoms with Crippen molar-refractivity contribution < 1.29 is 9.53 Å². The Morgan fingerprint density at radius 3 is 2.77 bits per heavy atom. The second-order valence-corrected chi connectivity index (χ2v) is 5.25. The van der Waals surface area contributed by atoms with Crippen molar-refractivity contribution in [3.05, 3.63) is 65.4 Å². The number of H-pyrrole nitrogens is 1. The maximum Gasteiger partial charge on any atom is 0.267 e. The normalized spacial score (nSPS) is 10.6. The molecule has 0 fully saturated rings. The van der Waals surface area contributed by atoms with Gasteiger partial charge in [0.25, 0.3) is 5.91 Å². The smallest absolute Gasteiger partial charge is 0.267 e. The summed E-state index contributed by atoms with van der Waals surface area (Å²) in [6, 6.07) is 15.6. The number of amides is 1. The summed E-state index contributed by atoms with van der Waals surface area (Å²) >= 11 is 0. The molecule has 22 heavy (non-hydrogen) atoms. The predicted molar refractivity (Wildman–Crippen MR) is 87.2 cm³/mol. The first-order valence-corrected chi connectivity index (χ1v) is 7.17. The SMILES string of the molecule is COc1ccc2cc(C(=O)NCc3ccccc3C)[nH]c2c1. The Kier molecular flexibility index (Phi) is 3.83. The van der Waals surface area contributed by atoms with Gasteiger partial charge < -0.3 is 15.0 Å². The van der Waals surface area contributed by atoms with Crippen LogP contribution >= 0.6 is 0 Å². The fraction of sp³-hybridized carbons (Fsp3) is 0.167. The molecule has 1 aromatic heterocycles. The van der Waals surface area contributed by atoms with Crippen molar-refractivity contribution in [3.8, 4) is 5.75 Å². The highest BCUT2D eigenvalue weighted by Crippen LogP contribution is 2.21. The van der Waals surface area contributed by atoms with E-state index < -0.39 is 0 Å². The number of rotatable bonds is 4. The molecule has 0 saturated heterocycles. The molecule has 2 aromatic carbocycles. The summed E-state index contributed by atoms with van der Waals surface area (Å²) in [6.07, 6.45) is 0. The Hall–Kier alpha value is -2.75. The zero-order chi connectivity index (χ0) is 15.5. The van der Waals surface area contributed by atoms with Gasteiger partial charge in [-0.15, -0.1) is 0 Å². The van der Waals surface area contributed by atoms with Crippen molar-refractivity contribution >= 4 is 16.8 Å². The Morgan fingerprint density at radius 1 is 1.18 bits per heavy atom. The number of carbonyl (C=O) groups excluding carboxylic acids is 1. The summed E-state index contributed by atoms with van der Waals surface area (Å²) < 4.78 is 5.19. The summed E-state index contributed by atoms with van der Waals surface area (Å²) in [5.41, 5.74) is 3.73. The van der Waals surface area contributed by atoms with Gasteiger partial charge in [-0.3, -0.25) is 4.79 Å². The number of nitrogens with one attached hydrogen (secondary N) is 2. The summed E-state index contributed by atoms with van der Waals surface area (Å²) in [4.78, 5) is 15.4. The van der Waals surface area contributed by atoms with Crippen molar-refractivity contribution in [3.63, 3.8) is 0 Å². The molecular weight excluding hydrogens is 276 g/mol. The minimum absolute atomic E-state index is 0.113. The van der Waals surface area contributed by atoms with Gasteiger partial charge in [0.1, 0.15) is 11.4 Å². The number of hydrogen-bond acceptors (Lipinski definition) is 2. The van der Waals surface area contributed by atoms with Gasteiger partial charge >= 0.3 is 0 Å². The second-order valence-electron chi connectivity index (χ2n) is 5.25. The molecular formula is C18H18N2O2. The zero-order valence-electron chi connectivity index (χ0n) is 12.6. The van der Waals surface area contributed by atoms with Crippen LogP contribution in [-0.4, -0.2) is 18.0 Å². The van der Waals surface area contributed by atoms with E-state index in [4.69, 9.17) is 4.74 Å². The summed E-state index contributed by atoms with van der Waals surface area (Å²) in [5, 5.41) is 3.93. The summed E-state index contributed by atoms with van der Waals surface area (Å²) in [5.74, 6) is 0.652. The Morgan fingerprint density at radius 2 is 2.00 bits per heavy atom. The van der Waals surface area contributed by atoms with Crippen LogP contribution in [-0.2, 0) is 6.54 Å². The average molecular weight is 294 g/mol. The maximum atomic E-state index is 12.3. The molecule has 112 valence electrons. The van der Waals surface area contributed by atoms with Crippen LogP contribution in [0.2, 0.25) is 0 Å². The number of ether oxygens (including phenoxy) is 1. The van der Waals surface area contributed by atoms with E-state index in [0.717, 1.165) is 22.2 Å². The van der Waals surface area contributed by atoms with Crippen LogP contribution < -0.4 is 10.1 Å². The number of aromatic nitrogens is 1. The fourth-order valence-electron chi connectivity index (χ4n) is 2.43. The van der Waals surface area contributed by atoms with Crippen LogP contribution in [0, 0.1) is 6.92 Å². The highest BCUT2D eigenvalue weighted by atomic mass is 16.5. The molecule has 0 aliphatic rings. The first-order valence-electron chi connectivity index (χ1n) is 7.17. The highest BCUT2D eigenvalue weighted by Gasteiger charge is 2.10. The maximum absolute atomic E-state index is 12.3. The third-order valence-electron chi connectivity index (χ3n) is 3.77. The van der Waals surface area contributed by atoms with Crippen molar-refractivity contribution in [2.75, 3.05) is 7.11 Å². The molecule has 0 saturated carbocycles. The Labute approximate surface area is 129 Å². The standard InChI is InChI=1S/C18H18N2O2/c1-12-5-3-4-6-14(12)11-19-18(21)17-9-13-7-8-15(22-2)10-16(13)20-17/h3-10,20H,11H2,1-2H3,(H,19,21). The largest absolute Gasteiger partial charge is 0.497 e. The number of hydrogen-bond donors (Lipinski definition) is 2. The van der Waals surface area contributed by atoms with Gasteiger partial charge in [0.15, 0.2) is 0 Å². The average Bonchev–Trinajstić information content (AvgIpc) is 2.96. The van der Waals surface area contributed by atoms with Crippen LogP contribution in [0.25, 0.3) is 10.9 Å². The minimum atomic E-state index is -0.113. The molecule has 0 aliphatic heterocycles. The van der Waals surface area contributed by atoms with E-state index in [2.05, 4.69) is 10.3 Å². The molecule has 4 nitrogen and oxygen atoms in total. The molecule has 2 N–H and O–H groups in total. The van der Waals surface area contributed by atoms with Gasteiger partial charge in [-0.05, 0) is 36.2 Å². The van der Waals surface area contributed by atoms with Gasteiger partial charge in [-0.1, -0.05) is 24.3 Å². The Balaban J connectivity index is 1.76. The molecule has 3 rings (SSSR count). The van der Waals surface area contributed by atoms with Crippen LogP contribution in [0.4, 0.5) is 0 Å². The van der Waals surface area contributed by atoms with E-state index >= 15 is 0 Å². The number of methoxy groups -OCH3 is 1. The van der Waals surface area contributed by atoms with E-state index in [1.54, 1.807) is 7.11 Å². The van der Waals surface area contributed by atoms with E-state index in [9.17, 15) is 4.79 Å².